The van der Waals surface area contributed by atoms with Gasteiger partial charge in [0.15, 0.2) is 5.79 Å². The maximum Gasteiger partial charge on any atom is 0.168 e. The minimum atomic E-state index is -1.27. The summed E-state index contributed by atoms with van der Waals surface area (Å²) in [5.41, 5.74) is 0. The SMILES string of the molecule is CC1CC(F)CCCC1(O)OC1CCCCC(F)C1. The molecule has 2 fully saturated rings. The highest BCUT2D eigenvalue weighted by atomic mass is 19.1. The van der Waals surface area contributed by atoms with E-state index in [2.05, 4.69) is 0 Å². The Kier molecular flexibility index (Phi) is 5.18. The number of hydrogen-bond acceptors (Lipinski definition) is 2. The first-order chi connectivity index (χ1) is 8.99. The molecule has 4 heteroatoms. The Morgan fingerprint density at radius 2 is 1.63 bits per heavy atom. The second kappa shape index (κ2) is 6.49. The highest BCUT2D eigenvalue weighted by Crippen LogP contribution is 2.37. The van der Waals surface area contributed by atoms with Crippen LogP contribution in [-0.2, 0) is 4.74 Å². The van der Waals surface area contributed by atoms with Crippen LogP contribution in [0.5, 0.6) is 0 Å². The van der Waals surface area contributed by atoms with Gasteiger partial charge < -0.3 is 9.84 Å². The maximum absolute atomic E-state index is 13.6. The van der Waals surface area contributed by atoms with E-state index >= 15 is 0 Å². The second-order valence-electron chi connectivity index (χ2n) is 6.33. The number of aliphatic hydroxyl groups is 1. The summed E-state index contributed by atoms with van der Waals surface area (Å²) >= 11 is 0. The van der Waals surface area contributed by atoms with E-state index in [4.69, 9.17) is 4.74 Å². The average Bonchev–Trinajstić information content (AvgIpc) is 2.58. The molecule has 2 rings (SSSR count). The van der Waals surface area contributed by atoms with Gasteiger partial charge >= 0.3 is 0 Å². The average molecular weight is 276 g/mol. The molecule has 19 heavy (non-hydrogen) atoms. The molecule has 2 aliphatic carbocycles. The van der Waals surface area contributed by atoms with Crippen LogP contribution in [0.25, 0.3) is 0 Å². The predicted octanol–water partition coefficient (Wildman–Crippen LogP) is 3.91. The van der Waals surface area contributed by atoms with Crippen molar-refractivity contribution in [1.82, 2.24) is 0 Å². The van der Waals surface area contributed by atoms with E-state index < -0.39 is 18.1 Å². The fraction of sp³-hybridized carbons (Fsp3) is 1.00. The van der Waals surface area contributed by atoms with Gasteiger partial charge in [-0.05, 0) is 32.1 Å². The van der Waals surface area contributed by atoms with Crippen molar-refractivity contribution in [2.24, 2.45) is 5.92 Å². The maximum atomic E-state index is 13.6. The zero-order chi connectivity index (χ0) is 13.9. The van der Waals surface area contributed by atoms with E-state index in [1.54, 1.807) is 0 Å². The molecule has 0 radical (unpaired) electrons. The second-order valence-corrected chi connectivity index (χ2v) is 6.33. The van der Waals surface area contributed by atoms with E-state index in [1.807, 2.05) is 6.92 Å². The number of alkyl halides is 2. The predicted molar refractivity (Wildman–Crippen MR) is 70.3 cm³/mol. The summed E-state index contributed by atoms with van der Waals surface area (Å²) in [6.07, 6.45) is 3.62. The third-order valence-corrected chi connectivity index (χ3v) is 4.61. The van der Waals surface area contributed by atoms with Gasteiger partial charge in [-0.25, -0.2) is 8.78 Å². The zero-order valence-electron chi connectivity index (χ0n) is 11.8. The smallest absolute Gasteiger partial charge is 0.168 e. The van der Waals surface area contributed by atoms with Gasteiger partial charge in [-0.2, -0.15) is 0 Å². The molecule has 1 N–H and O–H groups in total. The summed E-state index contributed by atoms with van der Waals surface area (Å²) in [5.74, 6) is -1.50. The van der Waals surface area contributed by atoms with E-state index in [0.29, 0.717) is 38.5 Å². The highest BCUT2D eigenvalue weighted by molar-refractivity contribution is 4.84. The van der Waals surface area contributed by atoms with Gasteiger partial charge in [0.05, 0.1) is 6.10 Å². The summed E-state index contributed by atoms with van der Waals surface area (Å²) in [6, 6.07) is 0. The lowest BCUT2D eigenvalue weighted by Gasteiger charge is -2.36. The summed E-state index contributed by atoms with van der Waals surface area (Å²) in [6.45, 7) is 1.83. The first-order valence-electron chi connectivity index (χ1n) is 7.68. The Hall–Kier alpha value is -0.220. The van der Waals surface area contributed by atoms with Crippen LogP contribution in [0.1, 0.15) is 64.7 Å². The molecule has 0 heterocycles. The minimum Gasteiger partial charge on any atom is -0.365 e. The quantitative estimate of drug-likeness (QED) is 0.612. The van der Waals surface area contributed by atoms with Crippen LogP contribution in [0.2, 0.25) is 0 Å². The van der Waals surface area contributed by atoms with E-state index in [-0.39, 0.29) is 12.0 Å². The normalized spacial score (nSPS) is 45.5. The molecule has 0 aromatic carbocycles. The van der Waals surface area contributed by atoms with Gasteiger partial charge in [0.2, 0.25) is 0 Å². The summed E-state index contributed by atoms with van der Waals surface area (Å²) in [4.78, 5) is 0. The van der Waals surface area contributed by atoms with Crippen molar-refractivity contribution >= 4 is 0 Å². The molecular formula is C15H26F2O2. The fourth-order valence-electron chi connectivity index (χ4n) is 3.34. The largest absolute Gasteiger partial charge is 0.365 e. The van der Waals surface area contributed by atoms with Crippen molar-refractivity contribution in [3.05, 3.63) is 0 Å². The molecular weight excluding hydrogens is 250 g/mol. The monoisotopic (exact) mass is 276 g/mol. The van der Waals surface area contributed by atoms with Crippen LogP contribution in [0.4, 0.5) is 8.78 Å². The summed E-state index contributed by atoms with van der Waals surface area (Å²) in [7, 11) is 0. The van der Waals surface area contributed by atoms with Crippen molar-refractivity contribution < 1.29 is 18.6 Å². The lowest BCUT2D eigenvalue weighted by Crippen LogP contribution is -2.42. The van der Waals surface area contributed by atoms with Crippen LogP contribution in [0.15, 0.2) is 0 Å². The Bertz CT molecular complexity index is 287. The van der Waals surface area contributed by atoms with Crippen LogP contribution in [0, 0.1) is 5.92 Å². The Morgan fingerprint density at radius 1 is 1.00 bits per heavy atom. The Labute approximate surface area is 114 Å². The fourth-order valence-corrected chi connectivity index (χ4v) is 3.34. The van der Waals surface area contributed by atoms with Crippen LogP contribution in [0.3, 0.4) is 0 Å². The van der Waals surface area contributed by atoms with Gasteiger partial charge in [0.1, 0.15) is 12.3 Å². The molecule has 0 amide bonds. The van der Waals surface area contributed by atoms with Gasteiger partial charge in [0.25, 0.3) is 0 Å². The highest BCUT2D eigenvalue weighted by Gasteiger charge is 2.40. The van der Waals surface area contributed by atoms with Crippen LogP contribution >= 0.6 is 0 Å². The Morgan fingerprint density at radius 3 is 2.42 bits per heavy atom. The van der Waals surface area contributed by atoms with Gasteiger partial charge in [0, 0.05) is 18.8 Å². The summed E-state index contributed by atoms with van der Waals surface area (Å²) in [5, 5.41) is 10.7. The number of rotatable bonds is 2. The van der Waals surface area contributed by atoms with Crippen molar-refractivity contribution in [2.45, 2.75) is 88.9 Å². The first kappa shape index (κ1) is 15.2. The molecule has 5 atom stereocenters. The first-order valence-corrected chi connectivity index (χ1v) is 7.68. The van der Waals surface area contributed by atoms with E-state index in [0.717, 1.165) is 19.3 Å². The third kappa shape index (κ3) is 4.12. The third-order valence-electron chi connectivity index (χ3n) is 4.61. The van der Waals surface area contributed by atoms with Crippen molar-refractivity contribution in [2.75, 3.05) is 0 Å². The lowest BCUT2D eigenvalue weighted by molar-refractivity contribution is -0.263. The molecule has 0 aromatic rings. The molecule has 0 aliphatic heterocycles. The topological polar surface area (TPSA) is 29.5 Å². The van der Waals surface area contributed by atoms with Crippen molar-refractivity contribution in [3.8, 4) is 0 Å². The minimum absolute atomic E-state index is 0.221. The zero-order valence-corrected chi connectivity index (χ0v) is 11.8. The van der Waals surface area contributed by atoms with Gasteiger partial charge in [-0.15, -0.1) is 0 Å². The van der Waals surface area contributed by atoms with Gasteiger partial charge in [-0.3, -0.25) is 0 Å². The van der Waals surface area contributed by atoms with Crippen molar-refractivity contribution in [1.29, 1.82) is 0 Å². The molecule has 2 aliphatic rings. The molecule has 2 saturated carbocycles. The lowest BCUT2D eigenvalue weighted by atomic mass is 9.94. The van der Waals surface area contributed by atoms with E-state index in [1.165, 1.54) is 0 Å². The molecule has 0 spiro atoms. The van der Waals surface area contributed by atoms with E-state index in [9.17, 15) is 13.9 Å². The Balaban J connectivity index is 1.98. The molecule has 0 bridgehead atoms. The number of halogens is 2. The molecule has 0 saturated heterocycles. The van der Waals surface area contributed by atoms with Crippen molar-refractivity contribution in [3.63, 3.8) is 0 Å². The van der Waals surface area contributed by atoms with Gasteiger partial charge in [-0.1, -0.05) is 19.8 Å². The number of ether oxygens (including phenoxy) is 1. The standard InChI is InChI=1S/C15H26F2O2/c1-11-9-12(16)6-4-8-15(11,18)19-14-7-3-2-5-13(17)10-14/h11-14,18H,2-10H2,1H3. The molecule has 2 nitrogen and oxygen atoms in total. The van der Waals surface area contributed by atoms with Crippen LogP contribution in [-0.4, -0.2) is 29.3 Å². The number of hydrogen-bond donors (Lipinski definition) is 1. The molecule has 5 unspecified atom stereocenters. The summed E-state index contributed by atoms with van der Waals surface area (Å²) < 4.78 is 33.0. The van der Waals surface area contributed by atoms with Crippen LogP contribution < -0.4 is 0 Å². The molecule has 112 valence electrons. The molecule has 0 aromatic heterocycles.